The van der Waals surface area contributed by atoms with Gasteiger partial charge in [0.2, 0.25) is 5.91 Å². The van der Waals surface area contributed by atoms with E-state index in [0.29, 0.717) is 23.7 Å². The smallest absolute Gasteiger partial charge is 0.352 e. The molecule has 6 nitrogen and oxygen atoms in total. The Morgan fingerprint density at radius 2 is 1.96 bits per heavy atom. The first-order chi connectivity index (χ1) is 12.8. The average molecular weight is 481 g/mol. The molecule has 2 N–H and O–H groups in total. The van der Waals surface area contributed by atoms with Crippen LogP contribution in [0.25, 0.3) is 6.08 Å². The normalized spacial score (nSPS) is 11.0. The zero-order valence-electron chi connectivity index (χ0n) is 15.2. The molecule has 2 rings (SSSR count). The molecule has 0 aliphatic heterocycles. The highest BCUT2D eigenvalue weighted by molar-refractivity contribution is 14.1. The van der Waals surface area contributed by atoms with Gasteiger partial charge in [0.15, 0.2) is 11.5 Å². The standard InChI is InChI=1S/C20H20INO5/c1-12-6-4-5-7-15(12)11-27-19-16(21)8-14(10-18(19)26-3)9-17(20(24)25)22-13(2)23/h4-10H,11H2,1-3H3,(H,22,23)(H,24,25). The molecule has 0 saturated heterocycles. The fraction of sp³-hybridized carbons (Fsp3) is 0.200. The number of carbonyl (C=O) groups is 2. The summed E-state index contributed by atoms with van der Waals surface area (Å²) >= 11 is 2.11. The van der Waals surface area contributed by atoms with Crippen LogP contribution in [0.15, 0.2) is 42.1 Å². The number of nitrogens with one attached hydrogen (secondary N) is 1. The second-order valence-corrected chi connectivity index (χ2v) is 6.96. The Morgan fingerprint density at radius 1 is 1.26 bits per heavy atom. The maximum absolute atomic E-state index is 11.3. The molecule has 0 atom stereocenters. The Hall–Kier alpha value is -2.55. The Balaban J connectivity index is 2.32. The SMILES string of the molecule is COc1cc(C=C(NC(C)=O)C(=O)O)cc(I)c1OCc1ccccc1C. The van der Waals surface area contributed by atoms with Gasteiger partial charge in [-0.2, -0.15) is 0 Å². The largest absolute Gasteiger partial charge is 0.493 e. The summed E-state index contributed by atoms with van der Waals surface area (Å²) in [7, 11) is 1.52. The number of carbonyl (C=O) groups excluding carboxylic acids is 1. The fourth-order valence-electron chi connectivity index (χ4n) is 2.39. The van der Waals surface area contributed by atoms with E-state index in [1.54, 1.807) is 12.1 Å². The highest BCUT2D eigenvalue weighted by Gasteiger charge is 2.14. The van der Waals surface area contributed by atoms with E-state index in [1.165, 1.54) is 20.1 Å². The number of carboxylic acids is 1. The summed E-state index contributed by atoms with van der Waals surface area (Å²) < 4.78 is 12.1. The zero-order valence-corrected chi connectivity index (χ0v) is 17.4. The third-order valence-corrected chi connectivity index (χ3v) is 4.54. The van der Waals surface area contributed by atoms with Crippen molar-refractivity contribution in [2.24, 2.45) is 0 Å². The van der Waals surface area contributed by atoms with Crippen LogP contribution in [0.5, 0.6) is 11.5 Å². The molecule has 142 valence electrons. The molecule has 0 bridgehead atoms. The van der Waals surface area contributed by atoms with E-state index in [0.717, 1.165) is 14.7 Å². The monoisotopic (exact) mass is 481 g/mol. The highest BCUT2D eigenvalue weighted by atomic mass is 127. The topological polar surface area (TPSA) is 84.9 Å². The zero-order chi connectivity index (χ0) is 20.0. The summed E-state index contributed by atoms with van der Waals surface area (Å²) in [6, 6.07) is 11.4. The van der Waals surface area contributed by atoms with Gasteiger partial charge in [0, 0.05) is 6.92 Å². The van der Waals surface area contributed by atoms with E-state index in [-0.39, 0.29) is 5.70 Å². The predicted molar refractivity (Wildman–Crippen MR) is 111 cm³/mol. The van der Waals surface area contributed by atoms with Gasteiger partial charge >= 0.3 is 5.97 Å². The van der Waals surface area contributed by atoms with Crippen molar-refractivity contribution < 1.29 is 24.2 Å². The van der Waals surface area contributed by atoms with Gasteiger partial charge in [-0.15, -0.1) is 0 Å². The molecule has 0 fully saturated rings. The minimum absolute atomic E-state index is 0.214. The molecule has 0 radical (unpaired) electrons. The molecule has 2 aromatic rings. The van der Waals surface area contributed by atoms with Gasteiger partial charge in [0.25, 0.3) is 0 Å². The molecule has 7 heteroatoms. The Kier molecular flexibility index (Phi) is 7.23. The van der Waals surface area contributed by atoms with Crippen LogP contribution in [0.1, 0.15) is 23.6 Å². The maximum Gasteiger partial charge on any atom is 0.352 e. The van der Waals surface area contributed by atoms with E-state index < -0.39 is 11.9 Å². The lowest BCUT2D eigenvalue weighted by molar-refractivity contribution is -0.134. The van der Waals surface area contributed by atoms with E-state index in [4.69, 9.17) is 9.47 Å². The summed E-state index contributed by atoms with van der Waals surface area (Å²) in [5, 5.41) is 11.5. The van der Waals surface area contributed by atoms with Crippen LogP contribution in [0.3, 0.4) is 0 Å². The van der Waals surface area contributed by atoms with Crippen molar-refractivity contribution in [3.05, 3.63) is 62.4 Å². The molecule has 0 spiro atoms. The number of ether oxygens (including phenoxy) is 2. The van der Waals surface area contributed by atoms with Crippen molar-refractivity contribution in [2.45, 2.75) is 20.5 Å². The summed E-state index contributed by atoms with van der Waals surface area (Å²) in [4.78, 5) is 22.5. The summed E-state index contributed by atoms with van der Waals surface area (Å²) in [5.74, 6) is -0.619. The predicted octanol–water partition coefficient (Wildman–Crippen LogP) is 3.75. The lowest BCUT2D eigenvalue weighted by Crippen LogP contribution is -2.24. The number of hydrogen-bond donors (Lipinski definition) is 2. The molecule has 0 heterocycles. The van der Waals surface area contributed by atoms with Crippen LogP contribution >= 0.6 is 22.6 Å². The number of aliphatic carboxylic acids is 1. The molecule has 0 aliphatic carbocycles. The van der Waals surface area contributed by atoms with Crippen LogP contribution < -0.4 is 14.8 Å². The molecule has 1 amide bonds. The molecule has 0 unspecified atom stereocenters. The minimum atomic E-state index is -1.22. The van der Waals surface area contributed by atoms with Crippen molar-refractivity contribution >= 4 is 40.5 Å². The van der Waals surface area contributed by atoms with Gasteiger partial charge in [-0.25, -0.2) is 4.79 Å². The molecule has 27 heavy (non-hydrogen) atoms. The number of amides is 1. The van der Waals surface area contributed by atoms with Gasteiger partial charge in [-0.3, -0.25) is 4.79 Å². The number of carboxylic acid groups (broad SMARTS) is 1. The molecule has 0 saturated carbocycles. The first kappa shape index (κ1) is 20.8. The average Bonchev–Trinajstić information content (AvgIpc) is 2.60. The number of halogens is 1. The van der Waals surface area contributed by atoms with Gasteiger partial charge < -0.3 is 19.9 Å². The molecular formula is C20H20INO5. The molecule has 0 aromatic heterocycles. The van der Waals surface area contributed by atoms with Gasteiger partial charge in [-0.05, 0) is 64.4 Å². The van der Waals surface area contributed by atoms with E-state index >= 15 is 0 Å². The first-order valence-corrected chi connectivity index (χ1v) is 9.17. The summed E-state index contributed by atoms with van der Waals surface area (Å²) in [6.45, 7) is 3.66. The van der Waals surface area contributed by atoms with Crippen LogP contribution in [0.4, 0.5) is 0 Å². The first-order valence-electron chi connectivity index (χ1n) is 8.09. The number of aryl methyl sites for hydroxylation is 1. The summed E-state index contributed by atoms with van der Waals surface area (Å²) in [6.07, 6.45) is 1.37. The number of rotatable bonds is 7. The van der Waals surface area contributed by atoms with Crippen LogP contribution in [-0.4, -0.2) is 24.1 Å². The lowest BCUT2D eigenvalue weighted by atomic mass is 10.1. The second-order valence-electron chi connectivity index (χ2n) is 5.79. The lowest BCUT2D eigenvalue weighted by Gasteiger charge is -2.15. The van der Waals surface area contributed by atoms with Crippen LogP contribution in [0, 0.1) is 10.5 Å². The van der Waals surface area contributed by atoms with Crippen molar-refractivity contribution in [1.82, 2.24) is 5.32 Å². The van der Waals surface area contributed by atoms with E-state index in [1.807, 2.05) is 31.2 Å². The Bertz CT molecular complexity index is 892. The third kappa shape index (κ3) is 5.72. The summed E-state index contributed by atoms with van der Waals surface area (Å²) in [5.41, 5.74) is 2.56. The van der Waals surface area contributed by atoms with Crippen molar-refractivity contribution in [3.8, 4) is 11.5 Å². The molecule has 2 aromatic carbocycles. The van der Waals surface area contributed by atoms with E-state index in [9.17, 15) is 14.7 Å². The fourth-order valence-corrected chi connectivity index (χ4v) is 3.17. The number of methoxy groups -OCH3 is 1. The van der Waals surface area contributed by atoms with Gasteiger partial charge in [0.05, 0.1) is 10.7 Å². The number of benzene rings is 2. The van der Waals surface area contributed by atoms with E-state index in [2.05, 4.69) is 27.9 Å². The minimum Gasteiger partial charge on any atom is -0.493 e. The maximum atomic E-state index is 11.3. The quantitative estimate of drug-likeness (QED) is 0.465. The Morgan fingerprint density at radius 3 is 2.56 bits per heavy atom. The molecular weight excluding hydrogens is 461 g/mol. The highest BCUT2D eigenvalue weighted by Crippen LogP contribution is 2.35. The second kappa shape index (κ2) is 9.40. The number of hydrogen-bond acceptors (Lipinski definition) is 4. The van der Waals surface area contributed by atoms with Crippen molar-refractivity contribution in [3.63, 3.8) is 0 Å². The van der Waals surface area contributed by atoms with Gasteiger partial charge in [-0.1, -0.05) is 24.3 Å². The van der Waals surface area contributed by atoms with Crippen LogP contribution in [0.2, 0.25) is 0 Å². The van der Waals surface area contributed by atoms with Crippen molar-refractivity contribution in [2.75, 3.05) is 7.11 Å². The Labute approximate surface area is 171 Å². The third-order valence-electron chi connectivity index (χ3n) is 3.74. The van der Waals surface area contributed by atoms with Crippen LogP contribution in [-0.2, 0) is 16.2 Å². The van der Waals surface area contributed by atoms with Gasteiger partial charge in [0.1, 0.15) is 12.3 Å². The van der Waals surface area contributed by atoms with Crippen molar-refractivity contribution in [1.29, 1.82) is 0 Å². The molecule has 0 aliphatic rings.